The summed E-state index contributed by atoms with van der Waals surface area (Å²) in [5, 5.41) is 3.63. The van der Waals surface area contributed by atoms with Crippen LogP contribution in [0.15, 0.2) is 77.6 Å². The number of carbonyl (C=O) groups is 2. The Hall–Kier alpha value is -4.00. The van der Waals surface area contributed by atoms with E-state index >= 15 is 0 Å². The van der Waals surface area contributed by atoms with Crippen LogP contribution in [0.1, 0.15) is 5.56 Å². The Morgan fingerprint density at radius 1 is 0.871 bits per heavy atom. The predicted molar refractivity (Wildman–Crippen MR) is 115 cm³/mol. The maximum atomic E-state index is 12.9. The van der Waals surface area contributed by atoms with Crippen molar-refractivity contribution >= 4 is 33.7 Å². The second kappa shape index (κ2) is 8.79. The zero-order valence-electron chi connectivity index (χ0n) is 16.5. The lowest BCUT2D eigenvalue weighted by Gasteiger charge is -2.14. The molecule has 6 nitrogen and oxygen atoms in total. The number of hydrogen-bond donors (Lipinski definition) is 1. The Balaban J connectivity index is 1.46. The van der Waals surface area contributed by atoms with Crippen LogP contribution in [-0.4, -0.2) is 23.1 Å². The van der Waals surface area contributed by atoms with Gasteiger partial charge in [-0.2, -0.15) is 0 Å². The third-order valence-electron chi connectivity index (χ3n) is 4.93. The first-order valence-corrected chi connectivity index (χ1v) is 9.70. The summed E-state index contributed by atoms with van der Waals surface area (Å²) in [7, 11) is 0. The third-order valence-corrected chi connectivity index (χ3v) is 4.93. The summed E-state index contributed by atoms with van der Waals surface area (Å²) in [4.78, 5) is 37.2. The molecule has 31 heavy (non-hydrogen) atoms. The average molecular weight is 418 g/mol. The fraction of sp³-hybridized carbons (Fsp3) is 0.125. The maximum absolute atomic E-state index is 12.9. The molecule has 0 saturated heterocycles. The highest BCUT2D eigenvalue weighted by atomic mass is 19.1. The van der Waals surface area contributed by atoms with Crippen molar-refractivity contribution in [3.8, 4) is 0 Å². The molecule has 1 heterocycles. The molecule has 0 atom stereocenters. The molecule has 4 aromatic rings. The normalized spacial score (nSPS) is 10.9. The molecule has 0 aliphatic rings. The molecule has 7 heteroatoms. The molecule has 0 bridgehead atoms. The largest absolute Gasteiger partial charge is 0.454 e. The van der Waals surface area contributed by atoms with E-state index < -0.39 is 18.5 Å². The number of nitrogens with one attached hydrogen (secondary N) is 1. The van der Waals surface area contributed by atoms with E-state index in [-0.39, 0.29) is 24.3 Å². The molecule has 3 aromatic carbocycles. The van der Waals surface area contributed by atoms with E-state index in [1.165, 1.54) is 12.1 Å². The summed E-state index contributed by atoms with van der Waals surface area (Å²) in [5.74, 6) is -1.42. The van der Waals surface area contributed by atoms with Gasteiger partial charge in [-0.25, -0.2) is 4.39 Å². The van der Waals surface area contributed by atoms with E-state index in [0.29, 0.717) is 21.8 Å². The van der Waals surface area contributed by atoms with E-state index in [9.17, 15) is 18.8 Å². The molecular weight excluding hydrogens is 399 g/mol. The number of aromatic nitrogens is 1. The van der Waals surface area contributed by atoms with Crippen molar-refractivity contribution in [2.45, 2.75) is 13.1 Å². The van der Waals surface area contributed by atoms with Crippen LogP contribution in [0.25, 0.3) is 21.8 Å². The van der Waals surface area contributed by atoms with Crippen molar-refractivity contribution < 1.29 is 18.7 Å². The number of fused-ring (bicyclic) bond motifs is 2. The number of pyridine rings is 1. The second-order valence-corrected chi connectivity index (χ2v) is 7.01. The summed E-state index contributed by atoms with van der Waals surface area (Å²) in [6.07, 6.45) is 0. The Labute approximate surface area is 176 Å². The summed E-state index contributed by atoms with van der Waals surface area (Å²) in [5.41, 5.74) is 1.86. The molecule has 1 N–H and O–H groups in total. The topological polar surface area (TPSA) is 77.4 Å². The van der Waals surface area contributed by atoms with Crippen LogP contribution in [0.3, 0.4) is 0 Å². The monoisotopic (exact) mass is 418 g/mol. The van der Waals surface area contributed by atoms with Crippen LogP contribution in [0.5, 0.6) is 0 Å². The van der Waals surface area contributed by atoms with Crippen molar-refractivity contribution in [3.05, 3.63) is 94.4 Å². The Morgan fingerprint density at radius 3 is 2.06 bits per heavy atom. The van der Waals surface area contributed by atoms with Crippen LogP contribution in [-0.2, 0) is 27.4 Å². The minimum absolute atomic E-state index is 0.101. The maximum Gasteiger partial charge on any atom is 0.326 e. The van der Waals surface area contributed by atoms with Gasteiger partial charge in [0.15, 0.2) is 12.0 Å². The molecule has 0 aliphatic heterocycles. The van der Waals surface area contributed by atoms with Crippen molar-refractivity contribution in [3.63, 3.8) is 0 Å². The Bertz CT molecular complexity index is 1270. The number of nitrogens with zero attached hydrogens (tertiary/aromatic N) is 1. The highest BCUT2D eigenvalue weighted by molar-refractivity contribution is 5.94. The molecule has 0 fully saturated rings. The summed E-state index contributed by atoms with van der Waals surface area (Å²) in [6, 6.07) is 19.8. The van der Waals surface area contributed by atoms with Gasteiger partial charge in [-0.3, -0.25) is 14.4 Å². The number of rotatable bonds is 6. The quantitative estimate of drug-likeness (QED) is 0.386. The molecule has 0 spiro atoms. The van der Waals surface area contributed by atoms with E-state index in [1.54, 1.807) is 65.2 Å². The predicted octanol–water partition coefficient (Wildman–Crippen LogP) is 3.15. The first-order valence-electron chi connectivity index (χ1n) is 9.70. The highest BCUT2D eigenvalue weighted by Gasteiger charge is 2.14. The van der Waals surface area contributed by atoms with Gasteiger partial charge in [-0.15, -0.1) is 0 Å². The highest BCUT2D eigenvalue weighted by Crippen LogP contribution is 2.19. The average Bonchev–Trinajstić information content (AvgIpc) is 2.80. The van der Waals surface area contributed by atoms with Crippen LogP contribution < -0.4 is 10.7 Å². The summed E-state index contributed by atoms with van der Waals surface area (Å²) >= 11 is 0. The van der Waals surface area contributed by atoms with Crippen LogP contribution in [0.4, 0.5) is 4.39 Å². The smallest absolute Gasteiger partial charge is 0.326 e. The zero-order valence-corrected chi connectivity index (χ0v) is 16.5. The van der Waals surface area contributed by atoms with Gasteiger partial charge in [0.25, 0.3) is 5.91 Å². The fourth-order valence-corrected chi connectivity index (χ4v) is 3.42. The molecule has 156 valence electrons. The second-order valence-electron chi connectivity index (χ2n) is 7.01. The molecule has 1 aromatic heterocycles. The fourth-order valence-electron chi connectivity index (χ4n) is 3.42. The van der Waals surface area contributed by atoms with E-state index in [4.69, 9.17) is 4.74 Å². The van der Waals surface area contributed by atoms with Crippen LogP contribution in [0, 0.1) is 5.82 Å². The van der Waals surface area contributed by atoms with Gasteiger partial charge in [-0.05, 0) is 42.0 Å². The SMILES string of the molecule is O=C(COC(=O)Cn1c2ccccc2c(=O)c2ccccc21)NCc1ccc(F)cc1. The van der Waals surface area contributed by atoms with E-state index in [1.807, 2.05) is 0 Å². The number of halogens is 1. The van der Waals surface area contributed by atoms with Gasteiger partial charge >= 0.3 is 5.97 Å². The number of hydrogen-bond acceptors (Lipinski definition) is 4. The van der Waals surface area contributed by atoms with E-state index in [2.05, 4.69) is 5.32 Å². The van der Waals surface area contributed by atoms with Gasteiger partial charge in [0.05, 0.1) is 11.0 Å². The van der Waals surface area contributed by atoms with Gasteiger partial charge in [0.2, 0.25) is 0 Å². The standard InChI is InChI=1S/C24H19FN2O4/c25-17-11-9-16(10-12-17)13-26-22(28)15-31-23(29)14-27-20-7-3-1-5-18(20)24(30)19-6-2-4-8-21(19)27/h1-12H,13-15H2,(H,26,28). The number of carbonyl (C=O) groups excluding carboxylic acids is 2. The van der Waals surface area contributed by atoms with Crippen molar-refractivity contribution in [1.82, 2.24) is 9.88 Å². The number of ether oxygens (including phenoxy) is 1. The van der Waals surface area contributed by atoms with Crippen LogP contribution in [0.2, 0.25) is 0 Å². The molecule has 0 saturated carbocycles. The first kappa shape index (κ1) is 20.3. The van der Waals surface area contributed by atoms with Crippen molar-refractivity contribution in [2.75, 3.05) is 6.61 Å². The lowest BCUT2D eigenvalue weighted by Crippen LogP contribution is -2.29. The van der Waals surface area contributed by atoms with Crippen molar-refractivity contribution in [1.29, 1.82) is 0 Å². The lowest BCUT2D eigenvalue weighted by atomic mass is 10.1. The number of para-hydroxylation sites is 2. The van der Waals surface area contributed by atoms with Gasteiger partial charge in [0.1, 0.15) is 12.4 Å². The Morgan fingerprint density at radius 2 is 1.45 bits per heavy atom. The Kier molecular flexibility index (Phi) is 5.75. The minimum atomic E-state index is -0.601. The summed E-state index contributed by atoms with van der Waals surface area (Å²) in [6.45, 7) is -0.381. The molecule has 0 unspecified atom stereocenters. The number of esters is 1. The molecule has 4 rings (SSSR count). The van der Waals surface area contributed by atoms with Crippen LogP contribution >= 0.6 is 0 Å². The van der Waals surface area contributed by atoms with Crippen molar-refractivity contribution in [2.24, 2.45) is 0 Å². The number of amides is 1. The summed E-state index contributed by atoms with van der Waals surface area (Å²) < 4.78 is 19.8. The number of benzene rings is 3. The van der Waals surface area contributed by atoms with Gasteiger partial charge in [-0.1, -0.05) is 36.4 Å². The van der Waals surface area contributed by atoms with Gasteiger partial charge in [0, 0.05) is 17.3 Å². The zero-order chi connectivity index (χ0) is 21.8. The third kappa shape index (κ3) is 4.45. The van der Waals surface area contributed by atoms with Gasteiger partial charge < -0.3 is 14.6 Å². The van der Waals surface area contributed by atoms with E-state index in [0.717, 1.165) is 5.56 Å². The molecule has 1 amide bonds. The molecule has 0 radical (unpaired) electrons. The minimum Gasteiger partial charge on any atom is -0.454 e. The first-order chi connectivity index (χ1) is 15.0. The molecular formula is C24H19FN2O4. The molecule has 0 aliphatic carbocycles. The lowest BCUT2D eigenvalue weighted by molar-refractivity contribution is -0.149.